The third-order valence-electron chi connectivity index (χ3n) is 2.68. The van der Waals surface area contributed by atoms with Crippen LogP contribution in [0.15, 0.2) is 24.3 Å². The number of carboxylic acid groups (broad SMARTS) is 1. The van der Waals surface area contributed by atoms with Crippen molar-refractivity contribution in [2.75, 3.05) is 6.61 Å². The zero-order valence-corrected chi connectivity index (χ0v) is 10.0. The molecule has 0 amide bonds. The predicted octanol–water partition coefficient (Wildman–Crippen LogP) is 1.64. The zero-order valence-electron chi connectivity index (χ0n) is 10.0. The standard InChI is InChI=1S/C13H19NO3/c1-10(5-4-8-15)14-9-11-6-2-3-7-12(11)13(16)17/h2-3,6-7,10,14-15H,4-5,8-9H2,1H3,(H,16,17). The van der Waals surface area contributed by atoms with Gasteiger partial charge in [0, 0.05) is 19.2 Å². The van der Waals surface area contributed by atoms with Gasteiger partial charge in [0.25, 0.3) is 0 Å². The number of rotatable bonds is 7. The molecule has 1 aromatic carbocycles. The van der Waals surface area contributed by atoms with E-state index >= 15 is 0 Å². The van der Waals surface area contributed by atoms with Crippen LogP contribution in [0.4, 0.5) is 0 Å². The molecule has 0 aliphatic carbocycles. The number of hydrogen-bond donors (Lipinski definition) is 3. The molecule has 1 unspecified atom stereocenters. The summed E-state index contributed by atoms with van der Waals surface area (Å²) in [7, 11) is 0. The summed E-state index contributed by atoms with van der Waals surface area (Å²) < 4.78 is 0. The fourth-order valence-electron chi connectivity index (χ4n) is 1.67. The van der Waals surface area contributed by atoms with Gasteiger partial charge in [-0.3, -0.25) is 0 Å². The lowest BCUT2D eigenvalue weighted by Crippen LogP contribution is -2.26. The smallest absolute Gasteiger partial charge is 0.336 e. The molecule has 1 aromatic rings. The summed E-state index contributed by atoms with van der Waals surface area (Å²) in [5.74, 6) is -0.898. The van der Waals surface area contributed by atoms with Crippen molar-refractivity contribution in [2.45, 2.75) is 32.4 Å². The number of carbonyl (C=O) groups is 1. The largest absolute Gasteiger partial charge is 0.478 e. The van der Waals surface area contributed by atoms with Crippen molar-refractivity contribution in [1.29, 1.82) is 0 Å². The van der Waals surface area contributed by atoms with Gasteiger partial charge in [-0.15, -0.1) is 0 Å². The molecule has 1 rings (SSSR count). The van der Waals surface area contributed by atoms with Crippen LogP contribution in [0.25, 0.3) is 0 Å². The molecule has 0 aromatic heterocycles. The van der Waals surface area contributed by atoms with Crippen LogP contribution in [0, 0.1) is 0 Å². The van der Waals surface area contributed by atoms with E-state index in [4.69, 9.17) is 10.2 Å². The molecule has 0 aliphatic rings. The Morgan fingerprint density at radius 3 is 2.76 bits per heavy atom. The lowest BCUT2D eigenvalue weighted by molar-refractivity contribution is 0.0695. The van der Waals surface area contributed by atoms with Crippen molar-refractivity contribution in [3.05, 3.63) is 35.4 Å². The van der Waals surface area contributed by atoms with Crippen molar-refractivity contribution in [3.8, 4) is 0 Å². The minimum absolute atomic E-state index is 0.192. The van der Waals surface area contributed by atoms with Crippen LogP contribution < -0.4 is 5.32 Å². The summed E-state index contributed by atoms with van der Waals surface area (Å²) >= 11 is 0. The van der Waals surface area contributed by atoms with Gasteiger partial charge in [-0.25, -0.2) is 4.79 Å². The molecule has 94 valence electrons. The van der Waals surface area contributed by atoms with E-state index in [1.165, 1.54) is 0 Å². The van der Waals surface area contributed by atoms with Crippen LogP contribution in [0.1, 0.15) is 35.7 Å². The van der Waals surface area contributed by atoms with Gasteiger partial charge in [-0.05, 0) is 31.4 Å². The van der Waals surface area contributed by atoms with Crippen LogP contribution in [-0.2, 0) is 6.54 Å². The Balaban J connectivity index is 2.54. The van der Waals surface area contributed by atoms with E-state index in [2.05, 4.69) is 5.32 Å². The van der Waals surface area contributed by atoms with Crippen LogP contribution in [0.2, 0.25) is 0 Å². The molecule has 3 N–H and O–H groups in total. The van der Waals surface area contributed by atoms with Gasteiger partial charge in [0.2, 0.25) is 0 Å². The highest BCUT2D eigenvalue weighted by molar-refractivity contribution is 5.89. The third kappa shape index (κ3) is 4.54. The molecule has 0 fully saturated rings. The molecule has 0 heterocycles. The summed E-state index contributed by atoms with van der Waals surface area (Å²) in [4.78, 5) is 11.0. The molecule has 4 heteroatoms. The highest BCUT2D eigenvalue weighted by Crippen LogP contribution is 2.09. The first-order chi connectivity index (χ1) is 8.15. The van der Waals surface area contributed by atoms with Gasteiger partial charge in [0.1, 0.15) is 0 Å². The topological polar surface area (TPSA) is 69.6 Å². The third-order valence-corrected chi connectivity index (χ3v) is 2.68. The lowest BCUT2D eigenvalue weighted by atomic mass is 10.1. The first-order valence-electron chi connectivity index (χ1n) is 5.80. The molecule has 0 saturated heterocycles. The average molecular weight is 237 g/mol. The number of benzene rings is 1. The van der Waals surface area contributed by atoms with Crippen LogP contribution in [0.3, 0.4) is 0 Å². The lowest BCUT2D eigenvalue weighted by Gasteiger charge is -2.14. The minimum atomic E-state index is -0.898. The predicted molar refractivity (Wildman–Crippen MR) is 66.0 cm³/mol. The van der Waals surface area contributed by atoms with Gasteiger partial charge in [-0.1, -0.05) is 18.2 Å². The molecular formula is C13H19NO3. The number of aliphatic hydroxyl groups is 1. The monoisotopic (exact) mass is 237 g/mol. The second-order valence-electron chi connectivity index (χ2n) is 4.11. The molecule has 4 nitrogen and oxygen atoms in total. The normalized spacial score (nSPS) is 12.4. The Kier molecular flexibility index (Phi) is 5.66. The van der Waals surface area contributed by atoms with Crippen molar-refractivity contribution in [1.82, 2.24) is 5.32 Å². The van der Waals surface area contributed by atoms with Crippen molar-refractivity contribution in [3.63, 3.8) is 0 Å². The fraction of sp³-hybridized carbons (Fsp3) is 0.462. The zero-order chi connectivity index (χ0) is 12.7. The molecular weight excluding hydrogens is 218 g/mol. The highest BCUT2D eigenvalue weighted by atomic mass is 16.4. The first-order valence-corrected chi connectivity index (χ1v) is 5.80. The van der Waals surface area contributed by atoms with Gasteiger partial charge in [0.15, 0.2) is 0 Å². The molecule has 0 saturated carbocycles. The van der Waals surface area contributed by atoms with Crippen LogP contribution in [0.5, 0.6) is 0 Å². The fourth-order valence-corrected chi connectivity index (χ4v) is 1.67. The molecule has 0 bridgehead atoms. The van der Waals surface area contributed by atoms with E-state index in [0.29, 0.717) is 12.1 Å². The van der Waals surface area contributed by atoms with E-state index in [1.54, 1.807) is 12.1 Å². The molecule has 0 radical (unpaired) electrons. The minimum Gasteiger partial charge on any atom is -0.478 e. The number of aromatic carboxylic acids is 1. The van der Waals surface area contributed by atoms with Crippen molar-refractivity contribution >= 4 is 5.97 Å². The SMILES string of the molecule is CC(CCCO)NCc1ccccc1C(=O)O. The highest BCUT2D eigenvalue weighted by Gasteiger charge is 2.09. The molecule has 1 atom stereocenters. The van der Waals surface area contributed by atoms with Crippen molar-refractivity contribution < 1.29 is 15.0 Å². The Hall–Kier alpha value is -1.39. The van der Waals surface area contributed by atoms with E-state index in [1.807, 2.05) is 19.1 Å². The van der Waals surface area contributed by atoms with Crippen LogP contribution >= 0.6 is 0 Å². The number of nitrogens with one attached hydrogen (secondary N) is 1. The van der Waals surface area contributed by atoms with E-state index in [-0.39, 0.29) is 12.6 Å². The van der Waals surface area contributed by atoms with Gasteiger partial charge < -0.3 is 15.5 Å². The second kappa shape index (κ2) is 7.04. The summed E-state index contributed by atoms with van der Waals surface area (Å²) in [5.41, 5.74) is 1.13. The van der Waals surface area contributed by atoms with Gasteiger partial charge in [-0.2, -0.15) is 0 Å². The molecule has 0 aliphatic heterocycles. The Morgan fingerprint density at radius 2 is 2.12 bits per heavy atom. The Morgan fingerprint density at radius 1 is 1.41 bits per heavy atom. The molecule has 0 spiro atoms. The number of aliphatic hydroxyl groups excluding tert-OH is 1. The Labute approximate surface area is 101 Å². The van der Waals surface area contributed by atoms with Gasteiger partial charge >= 0.3 is 5.97 Å². The summed E-state index contributed by atoms with van der Waals surface area (Å²) in [6.45, 7) is 2.76. The second-order valence-corrected chi connectivity index (χ2v) is 4.11. The summed E-state index contributed by atoms with van der Waals surface area (Å²) in [6, 6.07) is 7.25. The average Bonchev–Trinajstić information content (AvgIpc) is 2.34. The number of carboxylic acids is 1. The molecule has 17 heavy (non-hydrogen) atoms. The maximum atomic E-state index is 11.0. The summed E-state index contributed by atoms with van der Waals surface area (Å²) in [6.07, 6.45) is 1.64. The van der Waals surface area contributed by atoms with Gasteiger partial charge in [0.05, 0.1) is 5.56 Å². The van der Waals surface area contributed by atoms with E-state index in [0.717, 1.165) is 18.4 Å². The summed E-state index contributed by atoms with van der Waals surface area (Å²) in [5, 5.41) is 21.0. The van der Waals surface area contributed by atoms with E-state index in [9.17, 15) is 4.79 Å². The maximum Gasteiger partial charge on any atom is 0.336 e. The quantitative estimate of drug-likeness (QED) is 0.674. The van der Waals surface area contributed by atoms with E-state index < -0.39 is 5.97 Å². The number of hydrogen-bond acceptors (Lipinski definition) is 3. The Bertz CT molecular complexity index is 365. The maximum absolute atomic E-state index is 11.0. The van der Waals surface area contributed by atoms with Crippen LogP contribution in [-0.4, -0.2) is 28.8 Å². The van der Waals surface area contributed by atoms with Crippen molar-refractivity contribution in [2.24, 2.45) is 0 Å². The first kappa shape index (κ1) is 13.7.